The van der Waals surface area contributed by atoms with Crippen LogP contribution in [0.15, 0.2) is 0 Å². The van der Waals surface area contributed by atoms with Gasteiger partial charge in [0.25, 0.3) is 0 Å². The van der Waals surface area contributed by atoms with Crippen molar-refractivity contribution in [3.8, 4) is 0 Å². The summed E-state index contributed by atoms with van der Waals surface area (Å²) in [5.41, 5.74) is 8.11. The Hall–Kier alpha value is -1.07. The fourth-order valence-electron chi connectivity index (χ4n) is 2.31. The molecule has 5 heteroatoms. The van der Waals surface area contributed by atoms with E-state index in [1.165, 1.54) is 5.69 Å². The third kappa shape index (κ3) is 1.42. The van der Waals surface area contributed by atoms with Gasteiger partial charge in [-0.2, -0.15) is 5.10 Å². The Morgan fingerprint density at radius 1 is 1.20 bits per heavy atom. The maximum Gasteiger partial charge on any atom is 0.151 e. The molecule has 0 aliphatic carbocycles. The number of fused-ring (bicyclic) bond motifs is 1. The van der Waals surface area contributed by atoms with Crippen molar-refractivity contribution in [2.45, 2.75) is 32.1 Å². The average molecular weight is 209 g/mol. The monoisotopic (exact) mass is 209 g/mol. The van der Waals surface area contributed by atoms with E-state index in [0.29, 0.717) is 25.1 Å². The smallest absolute Gasteiger partial charge is 0.151 e. The molecule has 0 spiro atoms. The molecule has 3 heterocycles. The van der Waals surface area contributed by atoms with Gasteiger partial charge in [0.15, 0.2) is 5.82 Å². The quantitative estimate of drug-likeness (QED) is 0.744. The molecule has 0 saturated carbocycles. The molecule has 0 unspecified atom stereocenters. The molecule has 0 aromatic carbocycles. The first-order valence-corrected chi connectivity index (χ1v) is 5.37. The van der Waals surface area contributed by atoms with Crippen LogP contribution >= 0.6 is 0 Å². The summed E-state index contributed by atoms with van der Waals surface area (Å²) in [5.74, 6) is 0.633. The highest BCUT2D eigenvalue weighted by atomic mass is 16.5. The highest BCUT2D eigenvalue weighted by Gasteiger charge is 2.26. The largest absolute Gasteiger partial charge is 0.382 e. The van der Waals surface area contributed by atoms with Crippen molar-refractivity contribution in [1.29, 1.82) is 0 Å². The van der Waals surface area contributed by atoms with Crippen molar-refractivity contribution in [3.05, 3.63) is 11.3 Å². The first kappa shape index (κ1) is 9.18. The summed E-state index contributed by atoms with van der Waals surface area (Å²) in [6, 6.07) is 0.437. The van der Waals surface area contributed by atoms with Crippen LogP contribution in [0.2, 0.25) is 0 Å². The van der Waals surface area contributed by atoms with E-state index in [1.807, 2.05) is 0 Å². The molecule has 82 valence electrons. The second-order valence-electron chi connectivity index (χ2n) is 4.09. The second-order valence-corrected chi connectivity index (χ2v) is 4.09. The van der Waals surface area contributed by atoms with Gasteiger partial charge in [-0.05, 0) is 12.8 Å². The van der Waals surface area contributed by atoms with Crippen LogP contribution < -0.4 is 5.73 Å². The minimum atomic E-state index is 0.437. The number of aromatic nitrogens is 2. The number of hydrogen-bond donors (Lipinski definition) is 1. The normalized spacial score (nSPS) is 21.9. The molecule has 5 nitrogen and oxygen atoms in total. The van der Waals surface area contributed by atoms with Crippen LogP contribution in [-0.4, -0.2) is 23.0 Å². The number of nitrogens with two attached hydrogens (primary N) is 1. The Labute approximate surface area is 88.1 Å². The molecule has 1 saturated heterocycles. The lowest BCUT2D eigenvalue weighted by Gasteiger charge is -2.23. The molecule has 2 aliphatic heterocycles. The summed E-state index contributed by atoms with van der Waals surface area (Å²) in [5, 5.41) is 4.41. The SMILES string of the molecule is Nc1nn(C2CCOCC2)c2c1COC2. The van der Waals surface area contributed by atoms with Gasteiger partial charge in [-0.3, -0.25) is 4.68 Å². The number of anilines is 1. The van der Waals surface area contributed by atoms with Gasteiger partial charge in [-0.1, -0.05) is 0 Å². The topological polar surface area (TPSA) is 62.3 Å². The van der Waals surface area contributed by atoms with E-state index in [0.717, 1.165) is 31.6 Å². The highest BCUT2D eigenvalue weighted by molar-refractivity contribution is 5.43. The molecule has 0 radical (unpaired) electrons. The summed E-state index contributed by atoms with van der Waals surface area (Å²) in [4.78, 5) is 0. The lowest BCUT2D eigenvalue weighted by molar-refractivity contribution is 0.0629. The van der Waals surface area contributed by atoms with Crippen molar-refractivity contribution >= 4 is 5.82 Å². The fraction of sp³-hybridized carbons (Fsp3) is 0.700. The lowest BCUT2D eigenvalue weighted by Crippen LogP contribution is -2.22. The van der Waals surface area contributed by atoms with Crippen LogP contribution in [0.3, 0.4) is 0 Å². The third-order valence-corrected chi connectivity index (χ3v) is 3.17. The van der Waals surface area contributed by atoms with Crippen molar-refractivity contribution in [2.24, 2.45) is 0 Å². The van der Waals surface area contributed by atoms with Gasteiger partial charge in [-0.15, -0.1) is 0 Å². The third-order valence-electron chi connectivity index (χ3n) is 3.17. The molecule has 2 aliphatic rings. The minimum absolute atomic E-state index is 0.437. The van der Waals surface area contributed by atoms with Crippen LogP contribution in [0.25, 0.3) is 0 Å². The highest BCUT2D eigenvalue weighted by Crippen LogP contribution is 2.30. The molecular formula is C10H15N3O2. The Morgan fingerprint density at radius 3 is 2.80 bits per heavy atom. The summed E-state index contributed by atoms with van der Waals surface area (Å²) in [7, 11) is 0. The zero-order chi connectivity index (χ0) is 10.3. The Balaban J connectivity index is 1.93. The van der Waals surface area contributed by atoms with E-state index >= 15 is 0 Å². The lowest BCUT2D eigenvalue weighted by atomic mass is 10.1. The molecule has 0 atom stereocenters. The van der Waals surface area contributed by atoms with E-state index < -0.39 is 0 Å². The second kappa shape index (κ2) is 3.50. The molecule has 1 aromatic heterocycles. The Kier molecular flexibility index (Phi) is 2.14. The maximum atomic E-state index is 5.86. The Bertz CT molecular complexity index is 369. The molecular weight excluding hydrogens is 194 g/mol. The van der Waals surface area contributed by atoms with Crippen LogP contribution in [0.5, 0.6) is 0 Å². The van der Waals surface area contributed by atoms with E-state index in [4.69, 9.17) is 15.2 Å². The first-order valence-electron chi connectivity index (χ1n) is 5.37. The number of nitrogen functional groups attached to an aromatic ring is 1. The molecule has 3 rings (SSSR count). The molecule has 0 amide bonds. The zero-order valence-electron chi connectivity index (χ0n) is 8.61. The van der Waals surface area contributed by atoms with E-state index in [-0.39, 0.29) is 0 Å². The van der Waals surface area contributed by atoms with Crippen molar-refractivity contribution in [3.63, 3.8) is 0 Å². The van der Waals surface area contributed by atoms with Gasteiger partial charge in [-0.25, -0.2) is 0 Å². The zero-order valence-corrected chi connectivity index (χ0v) is 8.61. The molecule has 0 bridgehead atoms. The first-order chi connectivity index (χ1) is 7.36. The van der Waals surface area contributed by atoms with Gasteiger partial charge >= 0.3 is 0 Å². The molecule has 1 fully saturated rings. The standard InChI is InChI=1S/C10H15N3O2/c11-10-8-5-15-6-9(8)13(12-10)7-1-3-14-4-2-7/h7H,1-6H2,(H2,11,12). The van der Waals surface area contributed by atoms with Crippen molar-refractivity contribution in [1.82, 2.24) is 9.78 Å². The number of nitrogens with zero attached hydrogens (tertiary/aromatic N) is 2. The van der Waals surface area contributed by atoms with Crippen LogP contribution in [0.1, 0.15) is 30.1 Å². The summed E-state index contributed by atoms with van der Waals surface area (Å²) in [6.45, 7) is 2.90. The summed E-state index contributed by atoms with van der Waals surface area (Å²) < 4.78 is 12.8. The molecule has 2 N–H and O–H groups in total. The van der Waals surface area contributed by atoms with Crippen molar-refractivity contribution < 1.29 is 9.47 Å². The van der Waals surface area contributed by atoms with E-state index in [2.05, 4.69) is 9.78 Å². The van der Waals surface area contributed by atoms with E-state index in [1.54, 1.807) is 0 Å². The van der Waals surface area contributed by atoms with Crippen LogP contribution in [0.4, 0.5) is 5.82 Å². The van der Waals surface area contributed by atoms with Crippen LogP contribution in [-0.2, 0) is 22.7 Å². The molecule has 1 aromatic rings. The Morgan fingerprint density at radius 2 is 2.00 bits per heavy atom. The van der Waals surface area contributed by atoms with Gasteiger partial charge in [0.2, 0.25) is 0 Å². The number of hydrogen-bond acceptors (Lipinski definition) is 4. The predicted molar refractivity (Wildman–Crippen MR) is 54.2 cm³/mol. The van der Waals surface area contributed by atoms with E-state index in [9.17, 15) is 0 Å². The van der Waals surface area contributed by atoms with Gasteiger partial charge in [0, 0.05) is 18.8 Å². The summed E-state index contributed by atoms with van der Waals surface area (Å²) >= 11 is 0. The van der Waals surface area contributed by atoms with Gasteiger partial charge in [0.1, 0.15) is 0 Å². The predicted octanol–water partition coefficient (Wildman–Crippen LogP) is 0.847. The van der Waals surface area contributed by atoms with Crippen molar-refractivity contribution in [2.75, 3.05) is 18.9 Å². The summed E-state index contributed by atoms with van der Waals surface area (Å²) in [6.07, 6.45) is 2.04. The van der Waals surface area contributed by atoms with Gasteiger partial charge in [0.05, 0.1) is 24.9 Å². The van der Waals surface area contributed by atoms with Crippen LogP contribution in [0, 0.1) is 0 Å². The molecule has 15 heavy (non-hydrogen) atoms. The fourth-order valence-corrected chi connectivity index (χ4v) is 2.31. The number of rotatable bonds is 1. The number of ether oxygens (including phenoxy) is 2. The average Bonchev–Trinajstić information content (AvgIpc) is 2.84. The maximum absolute atomic E-state index is 5.86. The minimum Gasteiger partial charge on any atom is -0.382 e. The van der Waals surface area contributed by atoms with Gasteiger partial charge < -0.3 is 15.2 Å².